The minimum absolute atomic E-state index is 0.665. The third kappa shape index (κ3) is 3.25. The van der Waals surface area contributed by atoms with E-state index in [9.17, 15) is 5.11 Å². The Bertz CT molecular complexity index is 788. The van der Waals surface area contributed by atoms with Crippen LogP contribution >= 0.6 is 31.9 Å². The van der Waals surface area contributed by atoms with Crippen LogP contribution in [-0.2, 0) is 5.60 Å². The molecule has 3 aromatic rings. The largest absolute Gasteiger partial charge is 0.375 e. The van der Waals surface area contributed by atoms with Gasteiger partial charge in [0.05, 0.1) is 4.48 Å². The summed E-state index contributed by atoms with van der Waals surface area (Å²) < 4.78 is 1.48. The Hall–Kier alpha value is -1.68. The van der Waals surface area contributed by atoms with Gasteiger partial charge in [-0.2, -0.15) is 0 Å². The molecule has 0 amide bonds. The third-order valence-electron chi connectivity index (χ3n) is 3.92. The topological polar surface area (TPSA) is 20.2 Å². The maximum Gasteiger partial charge on any atom is 0.148 e. The molecule has 3 aromatic carbocycles. The summed E-state index contributed by atoms with van der Waals surface area (Å²) in [5.41, 5.74) is 1.32. The monoisotopic (exact) mass is 442 g/mol. The van der Waals surface area contributed by atoms with Crippen LogP contribution in [0.3, 0.4) is 0 Å². The van der Waals surface area contributed by atoms with Crippen molar-refractivity contribution in [3.8, 4) is 0 Å². The predicted molar refractivity (Wildman–Crippen MR) is 107 cm³/mol. The number of rotatable bonds is 4. The molecule has 24 heavy (non-hydrogen) atoms. The molecule has 0 aliphatic heterocycles. The average molecular weight is 444 g/mol. The van der Waals surface area contributed by atoms with Crippen molar-refractivity contribution in [3.63, 3.8) is 0 Å². The Balaban J connectivity index is 2.23. The lowest BCUT2D eigenvalue weighted by Crippen LogP contribution is -2.28. The van der Waals surface area contributed by atoms with Crippen LogP contribution in [-0.4, -0.2) is 5.11 Å². The van der Waals surface area contributed by atoms with Crippen LogP contribution in [0.2, 0.25) is 0 Å². The first kappa shape index (κ1) is 17.2. The second-order valence-electron chi connectivity index (χ2n) is 5.44. The molecule has 1 nitrogen and oxygen atoms in total. The van der Waals surface area contributed by atoms with Crippen molar-refractivity contribution < 1.29 is 5.11 Å². The van der Waals surface area contributed by atoms with Gasteiger partial charge in [0.25, 0.3) is 0 Å². The van der Waals surface area contributed by atoms with Crippen molar-refractivity contribution in [1.29, 1.82) is 0 Å². The van der Waals surface area contributed by atoms with E-state index in [2.05, 4.69) is 31.9 Å². The lowest BCUT2D eigenvalue weighted by molar-refractivity contribution is 0.132. The lowest BCUT2D eigenvalue weighted by atomic mass is 9.85. The van der Waals surface area contributed by atoms with Crippen molar-refractivity contribution in [1.82, 2.24) is 0 Å². The Morgan fingerprint density at radius 2 is 1.00 bits per heavy atom. The maximum atomic E-state index is 11.7. The molecule has 0 aliphatic rings. The number of hydrogen-bond acceptors (Lipinski definition) is 1. The van der Waals surface area contributed by atoms with Gasteiger partial charge in [-0.15, -0.1) is 0 Å². The summed E-state index contributed by atoms with van der Waals surface area (Å²) >= 11 is 7.31. The van der Waals surface area contributed by atoms with Gasteiger partial charge in [-0.1, -0.05) is 107 Å². The number of halogens is 2. The van der Waals surface area contributed by atoms with E-state index in [0.29, 0.717) is 4.48 Å². The molecule has 3 rings (SSSR count). The zero-order chi connectivity index (χ0) is 17.0. The quantitative estimate of drug-likeness (QED) is 0.517. The Morgan fingerprint density at radius 1 is 0.625 bits per heavy atom. The van der Waals surface area contributed by atoms with Gasteiger partial charge in [0.1, 0.15) is 5.60 Å². The Kier molecular flexibility index (Phi) is 5.34. The van der Waals surface area contributed by atoms with Crippen LogP contribution in [0.15, 0.2) is 95.5 Å². The molecule has 1 N–H and O–H groups in total. The fraction of sp³-hybridized carbons (Fsp3) is 0.0476. The minimum atomic E-state index is -1.28. The summed E-state index contributed by atoms with van der Waals surface area (Å²) in [6, 6.07) is 29.2. The number of benzene rings is 3. The molecule has 3 heteroatoms. The van der Waals surface area contributed by atoms with Crippen LogP contribution in [0.4, 0.5) is 0 Å². The van der Waals surface area contributed by atoms with E-state index >= 15 is 0 Å². The van der Waals surface area contributed by atoms with Crippen molar-refractivity contribution in [2.45, 2.75) is 5.60 Å². The van der Waals surface area contributed by atoms with Crippen LogP contribution in [0.5, 0.6) is 0 Å². The summed E-state index contributed by atoms with van der Waals surface area (Å²) in [6.45, 7) is 0. The standard InChI is InChI=1S/C21H16Br2O/c22-19(16-10-4-1-5-11-16)20(23)21(24,17-12-6-2-7-13-17)18-14-8-3-9-15-18/h1-15,24H/b20-19+. The van der Waals surface area contributed by atoms with Gasteiger partial charge in [0.15, 0.2) is 0 Å². The van der Waals surface area contributed by atoms with Gasteiger partial charge in [0.2, 0.25) is 0 Å². The summed E-state index contributed by atoms with van der Waals surface area (Å²) in [7, 11) is 0. The molecular weight excluding hydrogens is 428 g/mol. The normalized spacial score (nSPS) is 12.6. The zero-order valence-electron chi connectivity index (χ0n) is 12.9. The lowest BCUT2D eigenvalue weighted by Gasteiger charge is -2.30. The molecule has 0 radical (unpaired) electrons. The average Bonchev–Trinajstić information content (AvgIpc) is 2.68. The van der Waals surface area contributed by atoms with E-state index < -0.39 is 5.60 Å². The third-order valence-corrected chi connectivity index (χ3v) is 6.28. The molecule has 0 aliphatic carbocycles. The summed E-state index contributed by atoms with van der Waals surface area (Å²) in [5.74, 6) is 0. The highest BCUT2D eigenvalue weighted by atomic mass is 79.9. The van der Waals surface area contributed by atoms with E-state index in [1.54, 1.807) is 0 Å². The molecule has 0 spiro atoms. The molecule has 0 fully saturated rings. The van der Waals surface area contributed by atoms with E-state index in [0.717, 1.165) is 21.2 Å². The SMILES string of the molecule is OC(/C(Br)=C(\Br)c1ccccc1)(c1ccccc1)c1ccccc1. The maximum absolute atomic E-state index is 11.7. The van der Waals surface area contributed by atoms with E-state index in [4.69, 9.17) is 0 Å². The van der Waals surface area contributed by atoms with E-state index in [1.165, 1.54) is 0 Å². The molecule has 120 valence electrons. The van der Waals surface area contributed by atoms with E-state index in [-0.39, 0.29) is 0 Å². The van der Waals surface area contributed by atoms with Crippen LogP contribution in [0.1, 0.15) is 16.7 Å². The Labute approximate surface area is 158 Å². The highest BCUT2D eigenvalue weighted by Crippen LogP contribution is 2.45. The number of aliphatic hydroxyl groups is 1. The molecule has 0 aromatic heterocycles. The van der Waals surface area contributed by atoms with Gasteiger partial charge in [-0.3, -0.25) is 0 Å². The van der Waals surface area contributed by atoms with E-state index in [1.807, 2.05) is 91.0 Å². The van der Waals surface area contributed by atoms with Crippen molar-refractivity contribution in [3.05, 3.63) is 112 Å². The number of hydrogen-bond donors (Lipinski definition) is 1. The van der Waals surface area contributed by atoms with Crippen molar-refractivity contribution in [2.24, 2.45) is 0 Å². The van der Waals surface area contributed by atoms with Gasteiger partial charge in [-0.05, 0) is 32.6 Å². The molecular formula is C21H16Br2O. The summed E-state index contributed by atoms with van der Waals surface area (Å²) in [5, 5.41) is 11.7. The molecule has 0 saturated carbocycles. The van der Waals surface area contributed by atoms with Gasteiger partial charge < -0.3 is 5.11 Å². The Morgan fingerprint density at radius 3 is 1.42 bits per heavy atom. The predicted octanol–water partition coefficient (Wildman–Crippen LogP) is 6.08. The van der Waals surface area contributed by atoms with Gasteiger partial charge in [-0.25, -0.2) is 0 Å². The van der Waals surface area contributed by atoms with Gasteiger partial charge in [0, 0.05) is 4.48 Å². The summed E-state index contributed by atoms with van der Waals surface area (Å²) in [4.78, 5) is 0. The smallest absolute Gasteiger partial charge is 0.148 e. The highest BCUT2D eigenvalue weighted by Gasteiger charge is 2.36. The van der Waals surface area contributed by atoms with Crippen molar-refractivity contribution >= 4 is 36.3 Å². The van der Waals surface area contributed by atoms with Crippen LogP contribution in [0.25, 0.3) is 4.48 Å². The van der Waals surface area contributed by atoms with Crippen molar-refractivity contribution in [2.75, 3.05) is 0 Å². The molecule has 0 heterocycles. The first-order valence-electron chi connectivity index (χ1n) is 7.58. The molecule has 0 bridgehead atoms. The summed E-state index contributed by atoms with van der Waals surface area (Å²) in [6.07, 6.45) is 0. The minimum Gasteiger partial charge on any atom is -0.375 e. The second-order valence-corrected chi connectivity index (χ2v) is 7.02. The molecule has 0 unspecified atom stereocenters. The van der Waals surface area contributed by atoms with Crippen LogP contribution < -0.4 is 0 Å². The zero-order valence-corrected chi connectivity index (χ0v) is 16.0. The van der Waals surface area contributed by atoms with Gasteiger partial charge >= 0.3 is 0 Å². The second kappa shape index (κ2) is 7.47. The molecule has 0 atom stereocenters. The fourth-order valence-electron chi connectivity index (χ4n) is 2.65. The molecule has 0 saturated heterocycles. The first-order valence-corrected chi connectivity index (χ1v) is 9.17. The van der Waals surface area contributed by atoms with Crippen LogP contribution in [0, 0.1) is 0 Å². The fourth-order valence-corrected chi connectivity index (χ4v) is 3.89. The first-order chi connectivity index (χ1) is 11.6. The highest BCUT2D eigenvalue weighted by molar-refractivity contribution is 9.16.